The molecule has 0 radical (unpaired) electrons. The fraction of sp³-hybridized carbons (Fsp3) is 0. The molecule has 0 fully saturated rings. The van der Waals surface area contributed by atoms with Crippen molar-refractivity contribution in [2.45, 2.75) is 0 Å². The van der Waals surface area contributed by atoms with E-state index in [0.29, 0.717) is 0 Å². The van der Waals surface area contributed by atoms with Gasteiger partial charge in [-0.15, -0.1) is 0 Å². The fourth-order valence-electron chi connectivity index (χ4n) is 0. The third-order valence-corrected chi connectivity index (χ3v) is 0. The van der Waals surface area contributed by atoms with Crippen LogP contribution in [0.5, 0.6) is 0 Å². The van der Waals surface area contributed by atoms with Crippen molar-refractivity contribution in [2.24, 2.45) is 0 Å². The topological polar surface area (TPSA) is 86.2 Å². The van der Waals surface area contributed by atoms with Gasteiger partial charge in [-0.1, -0.05) is 0 Å². The van der Waals surface area contributed by atoms with Gasteiger partial charge in [0, 0.05) is 0 Å². The number of phosphoric acid groups is 1. The second kappa shape index (κ2) is 14.2. The molecule has 0 saturated carbocycles. The molecule has 0 unspecified atom stereocenters. The summed E-state index contributed by atoms with van der Waals surface area (Å²) in [6.07, 6.45) is 0. The Kier molecular flexibility index (Phi) is 46.4. The Morgan fingerprint density at radius 2 is 1.00 bits per heavy atom. The van der Waals surface area contributed by atoms with Gasteiger partial charge in [-0.05, 0) is 0 Å². The summed E-state index contributed by atoms with van der Waals surface area (Å²) >= 11 is 0. The van der Waals surface area contributed by atoms with Crippen LogP contribution in [0.2, 0.25) is 0 Å². The minimum absolute atomic E-state index is 0. The van der Waals surface area contributed by atoms with Gasteiger partial charge in [-0.2, -0.15) is 7.82 Å². The largest absolute Gasteiger partial charge is 1.00 e. The van der Waals surface area contributed by atoms with E-state index < -0.39 is 7.82 Å². The summed E-state index contributed by atoms with van der Waals surface area (Å²) in [6, 6.07) is 0. The summed E-state index contributed by atoms with van der Waals surface area (Å²) in [4.78, 5) is 25.6. The average molecular weight is 172 g/mol. The number of hydrogen-bond donors (Lipinski definition) is 0. The first-order valence-electron chi connectivity index (χ1n) is 0.730. The molecule has 0 aromatic heterocycles. The molecule has 0 atom stereocenters. The summed E-state index contributed by atoms with van der Waals surface area (Å²) in [6.45, 7) is 0. The van der Waals surface area contributed by atoms with E-state index in [2.05, 4.69) is 0 Å². The van der Waals surface area contributed by atoms with Gasteiger partial charge >= 0.3 is 108 Å². The maximum absolute atomic E-state index is 8.55. The third kappa shape index (κ3) is 80.3. The third-order valence-electron chi connectivity index (χ3n) is 0. The van der Waals surface area contributed by atoms with E-state index in [9.17, 15) is 0 Å². The molecule has 0 aliphatic heterocycles. The van der Waals surface area contributed by atoms with E-state index in [-0.39, 0.29) is 109 Å². The zero-order valence-corrected chi connectivity index (χ0v) is 13.0. The summed E-state index contributed by atoms with van der Waals surface area (Å²) < 4.78 is 8.55. The van der Waals surface area contributed by atoms with Crippen LogP contribution >= 0.6 is 7.82 Å². The molecule has 0 spiro atoms. The van der Waals surface area contributed by atoms with Crippen molar-refractivity contribution >= 4 is 7.82 Å². The van der Waals surface area contributed by atoms with Gasteiger partial charge in [0.1, 0.15) is 0 Å². The maximum Gasteiger partial charge on any atom is 1.00 e. The van der Waals surface area contributed by atoms with E-state index in [1.165, 1.54) is 0 Å². The minimum Gasteiger partial charge on any atom is -1.00 e. The maximum atomic E-state index is 8.55. The van der Waals surface area contributed by atoms with Gasteiger partial charge in [-0.3, -0.25) is 0 Å². The van der Waals surface area contributed by atoms with Crippen molar-refractivity contribution in [2.75, 3.05) is 0 Å². The van der Waals surface area contributed by atoms with Crippen molar-refractivity contribution in [3.63, 3.8) is 0 Å². The Bertz CT molecular complexity index is 66.6. The number of rotatable bonds is 0. The number of hydrogen-bond acceptors (Lipinski definition) is 4. The van der Waals surface area contributed by atoms with Crippen molar-refractivity contribution in [1.29, 1.82) is 0 Å². The molecule has 9 heteroatoms. The average Bonchev–Trinajstić information content (AvgIpc) is 0.722. The standard InChI is InChI=1S/Li.3Na.H3O4P.H/c;;;;1-5(2,3)4;/h;;;;(H3,1,2,3,4);/q4*+1;;-1/p-3. The second-order valence-corrected chi connectivity index (χ2v) is 1.34. The molecule has 0 rings (SSSR count). The van der Waals surface area contributed by atoms with Gasteiger partial charge in [0.15, 0.2) is 0 Å². The van der Waals surface area contributed by atoms with E-state index in [4.69, 9.17) is 19.2 Å². The van der Waals surface area contributed by atoms with Crippen LogP contribution in [0.4, 0.5) is 0 Å². The zero-order valence-electron chi connectivity index (χ0n) is 7.08. The first-order valence-corrected chi connectivity index (χ1v) is 2.19. The monoisotopic (exact) mass is 172 g/mol. The minimum atomic E-state index is -5.39. The summed E-state index contributed by atoms with van der Waals surface area (Å²) in [5, 5.41) is 0. The molecule has 0 aliphatic rings. The molecule has 34 valence electrons. The molecule has 0 N–H and O–H groups in total. The Morgan fingerprint density at radius 1 is 1.00 bits per heavy atom. The summed E-state index contributed by atoms with van der Waals surface area (Å²) in [7, 11) is -5.39. The van der Waals surface area contributed by atoms with E-state index in [1.807, 2.05) is 0 Å². The predicted molar refractivity (Wildman–Crippen MR) is 8.72 cm³/mol. The molecular weight excluding hydrogens is 171 g/mol. The van der Waals surface area contributed by atoms with Gasteiger partial charge < -0.3 is 20.7 Å². The van der Waals surface area contributed by atoms with Crippen molar-refractivity contribution in [3.8, 4) is 0 Å². The Hall–Kier alpha value is 3.71. The molecule has 0 heterocycles. The van der Waals surface area contributed by atoms with Crippen LogP contribution in [0.1, 0.15) is 1.43 Å². The van der Waals surface area contributed by atoms with Crippen LogP contribution in [-0.2, 0) is 4.57 Å². The summed E-state index contributed by atoms with van der Waals surface area (Å²) in [5.41, 5.74) is 0. The van der Waals surface area contributed by atoms with Crippen molar-refractivity contribution in [3.05, 3.63) is 0 Å². The van der Waals surface area contributed by atoms with Crippen molar-refractivity contribution < 1.29 is 128 Å². The SMILES string of the molecule is O=P([O-])([O-])[O-].[H-].[Li+].[Na+].[Na+].[Na+]. The molecule has 0 saturated heterocycles. The molecule has 4 nitrogen and oxygen atoms in total. The molecule has 0 bridgehead atoms. The van der Waals surface area contributed by atoms with Crippen LogP contribution in [0.3, 0.4) is 0 Å². The first kappa shape index (κ1) is 29.3. The van der Waals surface area contributed by atoms with Crippen LogP contribution in [0.15, 0.2) is 0 Å². The Balaban J connectivity index is -0.00000000800. The molecule has 9 heavy (non-hydrogen) atoms. The van der Waals surface area contributed by atoms with E-state index in [1.54, 1.807) is 0 Å². The molecule has 0 aromatic carbocycles. The van der Waals surface area contributed by atoms with Crippen LogP contribution in [-0.4, -0.2) is 0 Å². The molecule has 0 amide bonds. The fourth-order valence-corrected chi connectivity index (χ4v) is 0. The quantitative estimate of drug-likeness (QED) is 0.268. The summed E-state index contributed by atoms with van der Waals surface area (Å²) in [5.74, 6) is 0. The van der Waals surface area contributed by atoms with Crippen molar-refractivity contribution in [1.82, 2.24) is 0 Å². The zero-order chi connectivity index (χ0) is 4.50. The molecule has 0 aliphatic carbocycles. The molecular formula is HLiNa3O4P. The molecule has 0 aromatic rings. The van der Waals surface area contributed by atoms with Gasteiger partial charge in [0.25, 0.3) is 0 Å². The van der Waals surface area contributed by atoms with Gasteiger partial charge in [0.05, 0.1) is 0 Å². The van der Waals surface area contributed by atoms with Gasteiger partial charge in [-0.25, -0.2) is 0 Å². The predicted octanol–water partition coefficient (Wildman–Crippen LogP) is -14.7. The van der Waals surface area contributed by atoms with Crippen LogP contribution in [0.25, 0.3) is 0 Å². The Labute approximate surface area is 133 Å². The smallest absolute Gasteiger partial charge is 1.00 e. The first-order chi connectivity index (χ1) is 2.00. The second-order valence-electron chi connectivity index (χ2n) is 0.447. The van der Waals surface area contributed by atoms with Crippen LogP contribution in [0, 0.1) is 0 Å². The Morgan fingerprint density at radius 3 is 1.00 bits per heavy atom. The van der Waals surface area contributed by atoms with Crippen LogP contribution < -0.4 is 122 Å². The van der Waals surface area contributed by atoms with E-state index in [0.717, 1.165) is 0 Å². The van der Waals surface area contributed by atoms with Gasteiger partial charge in [0.2, 0.25) is 0 Å². The normalized spacial score (nSPS) is 6.56. The van der Waals surface area contributed by atoms with E-state index >= 15 is 0 Å².